The summed E-state index contributed by atoms with van der Waals surface area (Å²) in [6.07, 6.45) is -4.85. The second-order valence-corrected chi connectivity index (χ2v) is 7.98. The maximum atomic E-state index is 13.1. The molecule has 1 heterocycles. The summed E-state index contributed by atoms with van der Waals surface area (Å²) >= 11 is 0. The first-order valence-corrected chi connectivity index (χ1v) is 8.92. The predicted molar refractivity (Wildman–Crippen MR) is 83.6 cm³/mol. The lowest BCUT2D eigenvalue weighted by Gasteiger charge is -2.40. The van der Waals surface area contributed by atoms with E-state index in [9.17, 15) is 32.6 Å². The molecule has 1 aromatic heterocycles. The van der Waals surface area contributed by atoms with Crippen molar-refractivity contribution in [2.75, 3.05) is 0 Å². The zero-order valence-corrected chi connectivity index (χ0v) is 13.4. The summed E-state index contributed by atoms with van der Waals surface area (Å²) in [4.78, 5) is 1.09. The molecule has 26 heavy (non-hydrogen) atoms. The van der Waals surface area contributed by atoms with Crippen LogP contribution >= 0.6 is 10.2 Å². The Hall–Kier alpha value is -2.36. The zero-order valence-electron chi connectivity index (χ0n) is 12.6. The Bertz CT molecular complexity index is 995. The van der Waals surface area contributed by atoms with Gasteiger partial charge in [0.25, 0.3) is 0 Å². The number of halogens is 8. The van der Waals surface area contributed by atoms with E-state index in [1.165, 1.54) is 24.3 Å². The predicted octanol–water partition coefficient (Wildman–Crippen LogP) is 7.58. The first-order valence-electron chi connectivity index (χ1n) is 6.97. The van der Waals surface area contributed by atoms with E-state index in [0.29, 0.717) is 12.1 Å². The third kappa shape index (κ3) is 3.59. The van der Waals surface area contributed by atoms with Crippen LogP contribution in [0, 0.1) is 0 Å². The van der Waals surface area contributed by atoms with Crippen molar-refractivity contribution in [3.8, 4) is 11.1 Å². The summed E-state index contributed by atoms with van der Waals surface area (Å²) in [6, 6.07) is 8.46. The molecule has 0 aliphatic carbocycles. The van der Waals surface area contributed by atoms with Gasteiger partial charge in [0, 0.05) is 5.39 Å². The van der Waals surface area contributed by atoms with Crippen molar-refractivity contribution in [3.63, 3.8) is 0 Å². The molecule has 0 saturated carbocycles. The minimum Gasteiger partial charge on any atom is -0.243 e. The SMILES string of the molecule is FC(F)(F)c1cc(-c2ccccc2)c2cc(S(F)(F)(F)(F)F)ccc2n1. The Balaban J connectivity index is 2.41. The molecular formula is C16H9F8NS. The van der Waals surface area contributed by atoms with Crippen LogP contribution in [0.3, 0.4) is 0 Å². The van der Waals surface area contributed by atoms with Crippen molar-refractivity contribution in [1.29, 1.82) is 0 Å². The van der Waals surface area contributed by atoms with Gasteiger partial charge in [-0.2, -0.15) is 13.2 Å². The van der Waals surface area contributed by atoms with E-state index in [0.717, 1.165) is 0 Å². The van der Waals surface area contributed by atoms with Crippen molar-refractivity contribution in [2.45, 2.75) is 11.1 Å². The molecular weight excluding hydrogens is 390 g/mol. The van der Waals surface area contributed by atoms with Gasteiger partial charge in [-0.15, -0.1) is 0 Å². The van der Waals surface area contributed by atoms with E-state index >= 15 is 0 Å². The highest BCUT2D eigenvalue weighted by molar-refractivity contribution is 8.45. The van der Waals surface area contributed by atoms with Crippen LogP contribution < -0.4 is 0 Å². The van der Waals surface area contributed by atoms with Crippen molar-refractivity contribution in [2.24, 2.45) is 0 Å². The molecule has 0 unspecified atom stereocenters. The molecule has 0 bridgehead atoms. The van der Waals surface area contributed by atoms with Crippen LogP contribution in [0.25, 0.3) is 22.0 Å². The highest BCUT2D eigenvalue weighted by Gasteiger charge is 2.65. The second kappa shape index (κ2) is 4.87. The third-order valence-corrected chi connectivity index (χ3v) is 4.75. The number of alkyl halides is 3. The molecule has 0 amide bonds. The summed E-state index contributed by atoms with van der Waals surface area (Å²) in [5, 5.41) is -0.449. The first-order chi connectivity index (χ1) is 11.6. The number of benzene rings is 2. The summed E-state index contributed by atoms with van der Waals surface area (Å²) in [5.74, 6) is 0. The van der Waals surface area contributed by atoms with Crippen LogP contribution in [-0.4, -0.2) is 4.98 Å². The van der Waals surface area contributed by atoms with Gasteiger partial charge >= 0.3 is 16.4 Å². The largest absolute Gasteiger partial charge is 0.433 e. The monoisotopic (exact) mass is 399 g/mol. The van der Waals surface area contributed by atoms with Gasteiger partial charge in [-0.3, -0.25) is 0 Å². The number of hydrogen-bond acceptors (Lipinski definition) is 1. The normalized spacial score (nSPS) is 15.5. The van der Waals surface area contributed by atoms with E-state index < -0.39 is 37.9 Å². The first kappa shape index (κ1) is 18.4. The Morgan fingerprint density at radius 3 is 1.92 bits per heavy atom. The number of aromatic nitrogens is 1. The van der Waals surface area contributed by atoms with Crippen molar-refractivity contribution < 1.29 is 32.6 Å². The van der Waals surface area contributed by atoms with E-state index in [-0.39, 0.29) is 23.3 Å². The van der Waals surface area contributed by atoms with Crippen LogP contribution in [0.2, 0.25) is 0 Å². The molecule has 0 spiro atoms. The lowest BCUT2D eigenvalue weighted by atomic mass is 10.00. The fourth-order valence-electron chi connectivity index (χ4n) is 2.45. The molecule has 0 atom stereocenters. The maximum absolute atomic E-state index is 13.1. The molecule has 0 aliphatic heterocycles. The molecule has 140 valence electrons. The Kier molecular flexibility index (Phi) is 3.46. The average Bonchev–Trinajstić information content (AvgIpc) is 2.51. The quantitative estimate of drug-likeness (QED) is 0.405. The number of nitrogens with zero attached hydrogens (tertiary/aromatic N) is 1. The van der Waals surface area contributed by atoms with Gasteiger partial charge in [-0.05, 0) is 35.4 Å². The van der Waals surface area contributed by atoms with Gasteiger partial charge in [0.05, 0.1) is 5.52 Å². The molecule has 10 heteroatoms. The number of pyridine rings is 1. The van der Waals surface area contributed by atoms with Gasteiger partial charge in [0.1, 0.15) is 10.6 Å². The smallest absolute Gasteiger partial charge is 0.243 e. The Labute approximate surface area is 142 Å². The summed E-state index contributed by atoms with van der Waals surface area (Å²) in [5.41, 5.74) is -1.93. The van der Waals surface area contributed by atoms with Crippen LogP contribution in [0.4, 0.5) is 32.6 Å². The standard InChI is InChI=1S/C16H9F8NS/c17-16(18,19)15-9-12(10-4-2-1-3-5-10)13-8-11(6-7-14(13)25-15)26(20,21,22,23)24/h1-9H. The summed E-state index contributed by atoms with van der Waals surface area (Å²) in [7, 11) is -9.99. The topological polar surface area (TPSA) is 12.9 Å². The molecule has 0 fully saturated rings. The van der Waals surface area contributed by atoms with Crippen LogP contribution in [-0.2, 0) is 6.18 Å². The molecule has 1 nitrogen and oxygen atoms in total. The second-order valence-electron chi connectivity index (χ2n) is 5.57. The van der Waals surface area contributed by atoms with E-state index in [1.807, 2.05) is 0 Å². The van der Waals surface area contributed by atoms with Crippen molar-refractivity contribution in [3.05, 3.63) is 60.3 Å². The average molecular weight is 399 g/mol. The summed E-state index contributed by atoms with van der Waals surface area (Å²) in [6.45, 7) is 0. The molecule has 2 aromatic carbocycles. The highest BCUT2D eigenvalue weighted by Crippen LogP contribution is 3.02. The zero-order chi connectivity index (χ0) is 19.4. The van der Waals surface area contributed by atoms with Gasteiger partial charge in [0.2, 0.25) is 0 Å². The van der Waals surface area contributed by atoms with E-state index in [1.54, 1.807) is 6.07 Å². The maximum Gasteiger partial charge on any atom is 0.433 e. The fraction of sp³-hybridized carbons (Fsp3) is 0.0625. The number of fused-ring (bicyclic) bond motifs is 1. The molecule has 0 aliphatic rings. The minimum absolute atomic E-state index is 0.0474. The van der Waals surface area contributed by atoms with E-state index in [4.69, 9.17) is 0 Å². The summed E-state index contributed by atoms with van der Waals surface area (Å²) < 4.78 is 105. The molecule has 3 aromatic rings. The van der Waals surface area contributed by atoms with Crippen molar-refractivity contribution >= 4 is 21.1 Å². The highest BCUT2D eigenvalue weighted by atomic mass is 32.5. The molecule has 0 N–H and O–H groups in total. The van der Waals surface area contributed by atoms with E-state index in [2.05, 4.69) is 4.98 Å². The lowest BCUT2D eigenvalue weighted by molar-refractivity contribution is -0.140. The van der Waals surface area contributed by atoms with Crippen molar-refractivity contribution in [1.82, 2.24) is 4.98 Å². The fourth-order valence-corrected chi connectivity index (χ4v) is 3.11. The van der Waals surface area contributed by atoms with Gasteiger partial charge < -0.3 is 0 Å². The third-order valence-electron chi connectivity index (χ3n) is 3.60. The van der Waals surface area contributed by atoms with Gasteiger partial charge in [0.15, 0.2) is 0 Å². The molecule has 0 radical (unpaired) electrons. The lowest BCUT2D eigenvalue weighted by Crippen LogP contribution is -2.09. The van der Waals surface area contributed by atoms with Gasteiger partial charge in [-0.1, -0.05) is 49.8 Å². The van der Waals surface area contributed by atoms with Crippen LogP contribution in [0.1, 0.15) is 5.69 Å². The molecule has 0 saturated heterocycles. The Morgan fingerprint density at radius 2 is 1.38 bits per heavy atom. The number of rotatable bonds is 2. The number of hydrogen-bond donors (Lipinski definition) is 0. The van der Waals surface area contributed by atoms with Crippen LogP contribution in [0.5, 0.6) is 0 Å². The minimum atomic E-state index is -9.99. The Morgan fingerprint density at radius 1 is 0.769 bits per heavy atom. The van der Waals surface area contributed by atoms with Crippen LogP contribution in [0.15, 0.2) is 59.5 Å². The van der Waals surface area contributed by atoms with Gasteiger partial charge in [-0.25, -0.2) is 4.98 Å². The molecule has 3 rings (SSSR count).